The molecule has 7 amide bonds. The van der Waals surface area contributed by atoms with E-state index in [-0.39, 0.29) is 54.4 Å². The lowest BCUT2D eigenvalue weighted by Gasteiger charge is -2.49. The van der Waals surface area contributed by atoms with Gasteiger partial charge in [0, 0.05) is 36.0 Å². The minimum Gasteiger partial charge on any atom is -0.477 e. The zero-order valence-electron chi connectivity index (χ0n) is 24.2. The van der Waals surface area contributed by atoms with Crippen molar-refractivity contribution >= 4 is 59.2 Å². The van der Waals surface area contributed by atoms with Gasteiger partial charge in [-0.2, -0.15) is 5.26 Å². The van der Waals surface area contributed by atoms with E-state index in [1.807, 2.05) is 6.07 Å². The van der Waals surface area contributed by atoms with Crippen LogP contribution in [0.3, 0.4) is 0 Å². The number of rotatable bonds is 8. The molecule has 16 heteroatoms. The first-order valence-corrected chi connectivity index (χ1v) is 14.9. The largest absolute Gasteiger partial charge is 0.477 e. The molecule has 5 rings (SSSR count). The van der Waals surface area contributed by atoms with E-state index < -0.39 is 53.1 Å². The number of amides is 7. The van der Waals surface area contributed by atoms with Crippen molar-refractivity contribution in [2.45, 2.75) is 24.8 Å². The van der Waals surface area contributed by atoms with Crippen molar-refractivity contribution < 1.29 is 43.4 Å². The third-order valence-electron chi connectivity index (χ3n) is 7.39. The zero-order valence-corrected chi connectivity index (χ0v) is 25.0. The molecule has 236 valence electrons. The van der Waals surface area contributed by atoms with E-state index in [2.05, 4.69) is 10.6 Å². The second kappa shape index (κ2) is 13.1. The lowest BCUT2D eigenvalue weighted by molar-refractivity contribution is -0.151. The van der Waals surface area contributed by atoms with Crippen LogP contribution in [0.15, 0.2) is 59.8 Å². The quantitative estimate of drug-likeness (QED) is 0.277. The SMILES string of the molecule is CC(=O)OCC1=C(C(=O)O)N2C(=O)C(NC(=O)Cc3ccccc3NC(=O)N3CCN(C(=O)c4ccc(C#N)cc4)C3=O)[C@H]2SC1. The van der Waals surface area contributed by atoms with Gasteiger partial charge in [0.25, 0.3) is 11.8 Å². The molecular weight excluding hydrogens is 620 g/mol. The Kier molecular flexibility index (Phi) is 9.05. The van der Waals surface area contributed by atoms with Gasteiger partial charge in [0.15, 0.2) is 0 Å². The number of imide groups is 2. The Balaban J connectivity index is 1.20. The van der Waals surface area contributed by atoms with Gasteiger partial charge in [-0.05, 0) is 35.9 Å². The highest BCUT2D eigenvalue weighted by Crippen LogP contribution is 2.40. The maximum Gasteiger partial charge on any atom is 0.352 e. The van der Waals surface area contributed by atoms with Gasteiger partial charge in [0.1, 0.15) is 23.7 Å². The van der Waals surface area contributed by atoms with Crippen LogP contribution in [0.4, 0.5) is 15.3 Å². The average Bonchev–Trinajstić information content (AvgIpc) is 3.43. The Bertz CT molecular complexity index is 1730. The number of urea groups is 2. The molecule has 15 nitrogen and oxygen atoms in total. The highest BCUT2D eigenvalue weighted by Gasteiger charge is 2.54. The summed E-state index contributed by atoms with van der Waals surface area (Å²) in [7, 11) is 0. The van der Waals surface area contributed by atoms with Crippen molar-refractivity contribution in [2.24, 2.45) is 0 Å². The van der Waals surface area contributed by atoms with Gasteiger partial charge in [0.2, 0.25) is 5.91 Å². The number of esters is 1. The van der Waals surface area contributed by atoms with Crippen LogP contribution in [0, 0.1) is 11.3 Å². The number of benzene rings is 2. The second-order valence-electron chi connectivity index (χ2n) is 10.3. The van der Waals surface area contributed by atoms with Crippen LogP contribution >= 0.6 is 11.8 Å². The highest BCUT2D eigenvalue weighted by molar-refractivity contribution is 8.00. The Hall–Kier alpha value is -5.69. The van der Waals surface area contributed by atoms with E-state index in [4.69, 9.17) is 10.00 Å². The maximum absolute atomic E-state index is 13.1. The van der Waals surface area contributed by atoms with Gasteiger partial charge in [-0.1, -0.05) is 18.2 Å². The predicted molar refractivity (Wildman–Crippen MR) is 160 cm³/mol. The van der Waals surface area contributed by atoms with Crippen LogP contribution < -0.4 is 10.6 Å². The lowest BCUT2D eigenvalue weighted by atomic mass is 10.0. The molecule has 0 aliphatic carbocycles. The van der Waals surface area contributed by atoms with Crippen LogP contribution in [-0.4, -0.2) is 98.4 Å². The fourth-order valence-corrected chi connectivity index (χ4v) is 6.44. The molecule has 3 N–H and O–H groups in total. The van der Waals surface area contributed by atoms with E-state index in [1.54, 1.807) is 18.2 Å². The number of β-lactam (4-membered cyclic amide) rings is 1. The number of carboxylic acids is 1. The molecule has 0 aromatic heterocycles. The van der Waals surface area contributed by atoms with Gasteiger partial charge in [-0.15, -0.1) is 11.8 Å². The number of anilines is 1. The van der Waals surface area contributed by atoms with E-state index in [1.165, 1.54) is 49.0 Å². The maximum atomic E-state index is 13.1. The number of hydrogen-bond donors (Lipinski definition) is 3. The average molecular weight is 647 g/mol. The van der Waals surface area contributed by atoms with Crippen LogP contribution in [0.5, 0.6) is 0 Å². The van der Waals surface area contributed by atoms with Gasteiger partial charge < -0.3 is 20.5 Å². The number of para-hydroxylation sites is 1. The number of carbonyl (C=O) groups excluding carboxylic acids is 6. The molecule has 3 aliphatic heterocycles. The lowest BCUT2D eigenvalue weighted by Crippen LogP contribution is -2.70. The first-order chi connectivity index (χ1) is 22.0. The summed E-state index contributed by atoms with van der Waals surface area (Å²) < 4.78 is 4.92. The second-order valence-corrected chi connectivity index (χ2v) is 11.4. The van der Waals surface area contributed by atoms with Crippen molar-refractivity contribution in [3.63, 3.8) is 0 Å². The first kappa shape index (κ1) is 31.7. The topological polar surface area (TPSA) is 207 Å². The van der Waals surface area contributed by atoms with Crippen LogP contribution in [0.25, 0.3) is 0 Å². The smallest absolute Gasteiger partial charge is 0.352 e. The summed E-state index contributed by atoms with van der Waals surface area (Å²) in [6.45, 7) is 0.815. The standard InChI is InChI=1S/C30H26N6O9S/c1-16(37)45-14-20-15-46-27-23(26(40)36(27)24(20)28(41)42)33-22(38)12-19-4-2-3-5-21(19)32-29(43)35-11-10-34(30(35)44)25(39)18-8-6-17(13-31)7-9-18/h2-9,23,27H,10-12,14-15H2,1H3,(H,32,43)(H,33,38)(H,41,42)/t23?,27-/m1/s1. The van der Waals surface area contributed by atoms with Crippen molar-refractivity contribution in [1.29, 1.82) is 5.26 Å². The third kappa shape index (κ3) is 6.26. The molecule has 2 fully saturated rings. The van der Waals surface area contributed by atoms with E-state index in [0.29, 0.717) is 11.1 Å². The number of thioether (sulfide) groups is 1. The zero-order chi connectivity index (χ0) is 33.1. The Morgan fingerprint density at radius 3 is 2.41 bits per heavy atom. The minimum atomic E-state index is -1.35. The Labute approximate surface area is 265 Å². The van der Waals surface area contributed by atoms with Crippen LogP contribution in [0.1, 0.15) is 28.4 Å². The molecule has 3 aliphatic rings. The molecule has 0 bridgehead atoms. The predicted octanol–water partition coefficient (Wildman–Crippen LogP) is 1.51. The third-order valence-corrected chi connectivity index (χ3v) is 8.73. The summed E-state index contributed by atoms with van der Waals surface area (Å²) in [6, 6.07) is 11.4. The summed E-state index contributed by atoms with van der Waals surface area (Å²) in [4.78, 5) is 90.8. The molecular formula is C30H26N6O9S. The number of fused-ring (bicyclic) bond motifs is 1. The monoisotopic (exact) mass is 646 g/mol. The number of nitrogens with zero attached hydrogens (tertiary/aromatic N) is 4. The summed E-state index contributed by atoms with van der Waals surface area (Å²) in [5.74, 6) is -3.58. The fourth-order valence-electron chi connectivity index (χ4n) is 5.12. The molecule has 2 aromatic carbocycles. The van der Waals surface area contributed by atoms with Gasteiger partial charge in [-0.3, -0.25) is 29.0 Å². The van der Waals surface area contributed by atoms with Gasteiger partial charge in [0.05, 0.1) is 24.6 Å². The van der Waals surface area contributed by atoms with Crippen LogP contribution in [0.2, 0.25) is 0 Å². The van der Waals surface area contributed by atoms with E-state index in [9.17, 15) is 38.7 Å². The fraction of sp³-hybridized carbons (Fsp3) is 0.267. The summed E-state index contributed by atoms with van der Waals surface area (Å²) in [5, 5.41) is 23.2. The number of carbonyl (C=O) groups is 7. The Morgan fingerprint density at radius 1 is 1.04 bits per heavy atom. The summed E-state index contributed by atoms with van der Waals surface area (Å²) >= 11 is 1.22. The summed E-state index contributed by atoms with van der Waals surface area (Å²) in [6.07, 6.45) is -0.256. The van der Waals surface area contributed by atoms with Gasteiger partial charge in [-0.25, -0.2) is 19.3 Å². The molecule has 2 aromatic rings. The van der Waals surface area contributed by atoms with Gasteiger partial charge >= 0.3 is 24.0 Å². The molecule has 3 heterocycles. The number of nitrogens with one attached hydrogen (secondary N) is 2. The summed E-state index contributed by atoms with van der Waals surface area (Å²) in [5.41, 5.74) is 1.13. The molecule has 0 saturated carbocycles. The van der Waals surface area contributed by atoms with Crippen LogP contribution in [-0.2, 0) is 30.3 Å². The number of nitriles is 1. The molecule has 2 saturated heterocycles. The number of hydrogen-bond acceptors (Lipinski definition) is 10. The number of ether oxygens (including phenoxy) is 1. The highest BCUT2D eigenvalue weighted by atomic mass is 32.2. The molecule has 0 radical (unpaired) electrons. The van der Waals surface area contributed by atoms with E-state index >= 15 is 0 Å². The van der Waals surface area contributed by atoms with Crippen molar-refractivity contribution in [1.82, 2.24) is 20.0 Å². The molecule has 2 atom stereocenters. The Morgan fingerprint density at radius 2 is 1.74 bits per heavy atom. The van der Waals surface area contributed by atoms with Crippen molar-refractivity contribution in [2.75, 3.05) is 30.8 Å². The first-order valence-electron chi connectivity index (χ1n) is 13.8. The molecule has 46 heavy (non-hydrogen) atoms. The normalized spacial score (nSPS) is 18.7. The van der Waals surface area contributed by atoms with E-state index in [0.717, 1.165) is 14.7 Å². The molecule has 0 spiro atoms. The number of carboxylic acid groups (broad SMARTS) is 1. The van der Waals surface area contributed by atoms with Crippen molar-refractivity contribution in [3.05, 3.63) is 76.5 Å². The number of aliphatic carboxylic acids is 1. The van der Waals surface area contributed by atoms with Crippen molar-refractivity contribution in [3.8, 4) is 6.07 Å². The molecule has 1 unspecified atom stereocenters. The minimum absolute atomic E-state index is 0.0369.